The zero-order valence-corrected chi connectivity index (χ0v) is 12.9. The van der Waals surface area contributed by atoms with Crippen molar-refractivity contribution < 1.29 is 4.79 Å². The number of hydrogen-bond acceptors (Lipinski definition) is 2. The average Bonchev–Trinajstić information content (AvgIpc) is 2.65. The van der Waals surface area contributed by atoms with Crippen LogP contribution in [0.2, 0.25) is 10.2 Å². The van der Waals surface area contributed by atoms with Crippen LogP contribution in [0.5, 0.6) is 0 Å². The van der Waals surface area contributed by atoms with Gasteiger partial charge in [0.25, 0.3) is 0 Å². The third kappa shape index (κ3) is 3.40. The molecule has 1 amide bonds. The summed E-state index contributed by atoms with van der Waals surface area (Å²) in [4.78, 5) is 18.1. The first-order chi connectivity index (χ1) is 8.77. The third-order valence-corrected chi connectivity index (χ3v) is 4.22. The Labute approximate surface area is 123 Å². The van der Waals surface area contributed by atoms with Crippen LogP contribution < -0.4 is 0 Å². The monoisotopic (exact) mass is 300 g/mol. The Bertz CT molecular complexity index is 497. The van der Waals surface area contributed by atoms with Crippen LogP contribution in [-0.2, 0) is 11.3 Å². The topological polar surface area (TPSA) is 33.2 Å². The summed E-state index contributed by atoms with van der Waals surface area (Å²) >= 11 is 12.0. The fourth-order valence-electron chi connectivity index (χ4n) is 2.25. The molecular formula is C14H18Cl2N2O. The molecule has 1 aromatic heterocycles. The standard InChI is InChI=1S/C14H18Cl2N2O/c1-14(2,3)9-6-13(19)18(7-9)8-11-10(15)4-5-12(16)17-11/h4-5,9H,6-8H2,1-3H3. The molecule has 3 nitrogen and oxygen atoms in total. The fourth-order valence-corrected chi connectivity index (χ4v) is 2.58. The normalized spacial score (nSPS) is 20.2. The van der Waals surface area contributed by atoms with Gasteiger partial charge in [0.2, 0.25) is 5.91 Å². The third-order valence-electron chi connectivity index (χ3n) is 3.66. The molecule has 0 aromatic carbocycles. The van der Waals surface area contributed by atoms with E-state index in [1.165, 1.54) is 0 Å². The number of halogens is 2. The molecule has 1 aromatic rings. The molecule has 2 rings (SSSR count). The van der Waals surface area contributed by atoms with E-state index in [9.17, 15) is 4.79 Å². The van der Waals surface area contributed by atoms with Crippen molar-refractivity contribution in [3.05, 3.63) is 28.0 Å². The minimum atomic E-state index is 0.135. The van der Waals surface area contributed by atoms with E-state index in [0.717, 1.165) is 6.54 Å². The van der Waals surface area contributed by atoms with E-state index in [1.54, 1.807) is 12.1 Å². The van der Waals surface area contributed by atoms with Crippen molar-refractivity contribution in [2.45, 2.75) is 33.7 Å². The van der Waals surface area contributed by atoms with Gasteiger partial charge in [-0.3, -0.25) is 4.79 Å². The van der Waals surface area contributed by atoms with Gasteiger partial charge in [-0.25, -0.2) is 4.98 Å². The number of amides is 1. The largest absolute Gasteiger partial charge is 0.336 e. The number of likely N-dealkylation sites (tertiary alicyclic amines) is 1. The van der Waals surface area contributed by atoms with E-state index in [-0.39, 0.29) is 11.3 Å². The number of rotatable bonds is 2. The highest BCUT2D eigenvalue weighted by Gasteiger charge is 2.36. The number of pyridine rings is 1. The van der Waals surface area contributed by atoms with E-state index in [4.69, 9.17) is 23.2 Å². The number of aromatic nitrogens is 1. The zero-order valence-electron chi connectivity index (χ0n) is 11.4. The molecule has 0 saturated carbocycles. The molecule has 1 atom stereocenters. The summed E-state index contributed by atoms with van der Waals surface area (Å²) in [6, 6.07) is 3.37. The first-order valence-electron chi connectivity index (χ1n) is 6.36. The molecule has 1 saturated heterocycles. The summed E-state index contributed by atoms with van der Waals surface area (Å²) < 4.78 is 0. The van der Waals surface area contributed by atoms with Gasteiger partial charge in [0, 0.05) is 13.0 Å². The molecule has 0 spiro atoms. The van der Waals surface area contributed by atoms with Gasteiger partial charge in [0.1, 0.15) is 5.15 Å². The average molecular weight is 301 g/mol. The summed E-state index contributed by atoms with van der Waals surface area (Å²) in [5.74, 6) is 0.538. The molecule has 1 aliphatic heterocycles. The van der Waals surface area contributed by atoms with Crippen LogP contribution in [0.25, 0.3) is 0 Å². The Hall–Kier alpha value is -0.800. The van der Waals surface area contributed by atoms with Gasteiger partial charge in [0.15, 0.2) is 0 Å². The van der Waals surface area contributed by atoms with Crippen molar-refractivity contribution >= 4 is 29.1 Å². The second-order valence-corrected chi connectivity index (χ2v) is 6.90. The predicted molar refractivity (Wildman–Crippen MR) is 77.2 cm³/mol. The van der Waals surface area contributed by atoms with Crippen molar-refractivity contribution in [3.63, 3.8) is 0 Å². The Morgan fingerprint density at radius 1 is 1.37 bits per heavy atom. The maximum Gasteiger partial charge on any atom is 0.223 e. The summed E-state index contributed by atoms with van der Waals surface area (Å²) in [7, 11) is 0. The van der Waals surface area contributed by atoms with Gasteiger partial charge in [-0.2, -0.15) is 0 Å². The summed E-state index contributed by atoms with van der Waals surface area (Å²) in [6.45, 7) is 7.69. The van der Waals surface area contributed by atoms with Gasteiger partial charge in [0.05, 0.1) is 17.3 Å². The Balaban J connectivity index is 2.12. The summed E-state index contributed by atoms with van der Waals surface area (Å²) in [6.07, 6.45) is 0.599. The molecule has 0 radical (unpaired) electrons. The maximum atomic E-state index is 12.1. The SMILES string of the molecule is CC(C)(C)C1CC(=O)N(Cc2nc(Cl)ccc2Cl)C1. The number of carbonyl (C=O) groups excluding carboxylic acids is 1. The van der Waals surface area contributed by atoms with Crippen LogP contribution in [0, 0.1) is 11.3 Å². The lowest BCUT2D eigenvalue weighted by Crippen LogP contribution is -2.27. The van der Waals surface area contributed by atoms with Gasteiger partial charge in [-0.05, 0) is 23.5 Å². The Morgan fingerprint density at radius 3 is 2.63 bits per heavy atom. The first-order valence-corrected chi connectivity index (χ1v) is 7.11. The Kier molecular flexibility index (Phi) is 4.07. The molecule has 1 fully saturated rings. The van der Waals surface area contributed by atoms with Crippen LogP contribution >= 0.6 is 23.2 Å². The van der Waals surface area contributed by atoms with Gasteiger partial charge < -0.3 is 4.90 Å². The van der Waals surface area contributed by atoms with Crippen molar-refractivity contribution in [2.75, 3.05) is 6.54 Å². The van der Waals surface area contributed by atoms with Crippen molar-refractivity contribution in [1.29, 1.82) is 0 Å². The molecule has 0 bridgehead atoms. The molecular weight excluding hydrogens is 283 g/mol. The Morgan fingerprint density at radius 2 is 2.05 bits per heavy atom. The molecule has 5 heteroatoms. The van der Waals surface area contributed by atoms with E-state index in [1.807, 2.05) is 4.90 Å². The van der Waals surface area contributed by atoms with E-state index in [2.05, 4.69) is 25.8 Å². The highest BCUT2D eigenvalue weighted by atomic mass is 35.5. The van der Waals surface area contributed by atoms with Crippen LogP contribution in [-0.4, -0.2) is 22.3 Å². The number of nitrogens with zero attached hydrogens (tertiary/aromatic N) is 2. The lowest BCUT2D eigenvalue weighted by molar-refractivity contribution is -0.128. The smallest absolute Gasteiger partial charge is 0.223 e. The van der Waals surface area contributed by atoms with Crippen LogP contribution in [0.1, 0.15) is 32.9 Å². The zero-order chi connectivity index (χ0) is 14.2. The minimum Gasteiger partial charge on any atom is -0.336 e. The molecule has 1 aliphatic rings. The van der Waals surface area contributed by atoms with Crippen LogP contribution in [0.3, 0.4) is 0 Å². The van der Waals surface area contributed by atoms with Crippen LogP contribution in [0.15, 0.2) is 12.1 Å². The van der Waals surface area contributed by atoms with E-state index in [0.29, 0.717) is 34.8 Å². The summed E-state index contributed by atoms with van der Waals surface area (Å²) in [5.41, 5.74) is 0.799. The molecule has 0 N–H and O–H groups in total. The van der Waals surface area contributed by atoms with E-state index < -0.39 is 0 Å². The molecule has 0 aliphatic carbocycles. The van der Waals surface area contributed by atoms with Gasteiger partial charge >= 0.3 is 0 Å². The van der Waals surface area contributed by atoms with Crippen molar-refractivity contribution in [1.82, 2.24) is 9.88 Å². The molecule has 19 heavy (non-hydrogen) atoms. The van der Waals surface area contributed by atoms with Crippen LogP contribution in [0.4, 0.5) is 0 Å². The molecule has 2 heterocycles. The lowest BCUT2D eigenvalue weighted by atomic mass is 9.80. The van der Waals surface area contributed by atoms with Gasteiger partial charge in [-0.1, -0.05) is 44.0 Å². The lowest BCUT2D eigenvalue weighted by Gasteiger charge is -2.26. The molecule has 104 valence electrons. The number of hydrogen-bond donors (Lipinski definition) is 0. The predicted octanol–water partition coefficient (Wildman–Crippen LogP) is 3.78. The number of carbonyl (C=O) groups is 1. The molecule has 1 unspecified atom stereocenters. The first kappa shape index (κ1) is 14.6. The highest BCUT2D eigenvalue weighted by molar-refractivity contribution is 6.32. The van der Waals surface area contributed by atoms with Gasteiger partial charge in [-0.15, -0.1) is 0 Å². The highest BCUT2D eigenvalue weighted by Crippen LogP contribution is 2.35. The van der Waals surface area contributed by atoms with Crippen molar-refractivity contribution in [3.8, 4) is 0 Å². The second kappa shape index (κ2) is 5.29. The van der Waals surface area contributed by atoms with E-state index >= 15 is 0 Å². The van der Waals surface area contributed by atoms with Crippen molar-refractivity contribution in [2.24, 2.45) is 11.3 Å². The fraction of sp³-hybridized carbons (Fsp3) is 0.571. The maximum absolute atomic E-state index is 12.1. The second-order valence-electron chi connectivity index (χ2n) is 6.10. The quantitative estimate of drug-likeness (QED) is 0.779. The minimum absolute atomic E-state index is 0.135. The summed E-state index contributed by atoms with van der Waals surface area (Å²) in [5, 5.41) is 0.954.